The van der Waals surface area contributed by atoms with Gasteiger partial charge in [-0.25, -0.2) is 4.79 Å². The minimum atomic E-state index is -1.26. The van der Waals surface area contributed by atoms with E-state index >= 15 is 0 Å². The first-order valence-electron chi connectivity index (χ1n) is 19.1. The minimum absolute atomic E-state index is 0.0934. The standard InChI is InChI=1S/C40H57N5O7/c1-27-15-17-31-23-30(27)25-41-36(47)32(18-16-28-11-6-5-7-12-28)42-37(48)33(24-35(46)44-20-10-13-29(26-44)19-22-51-31)43-38(49)34-14-8-9-21-45(34)39(50)52-40(2,3)4/h5-7,11-12,15,23,29,31-34H,8-10,13-14,16-22,24-26H2,1-4H3,(H,41,47)(H,42,48)(H,43,49)/t29?,31?,32?,33-,34?/m0/s1. The van der Waals surface area contributed by atoms with Gasteiger partial charge in [-0.3, -0.25) is 24.1 Å². The Hall–Kier alpha value is -4.19. The summed E-state index contributed by atoms with van der Waals surface area (Å²) in [6.45, 7) is 9.61. The zero-order valence-corrected chi connectivity index (χ0v) is 31.3. The Bertz CT molecular complexity index is 1500. The van der Waals surface area contributed by atoms with Crippen LogP contribution in [0.5, 0.6) is 0 Å². The van der Waals surface area contributed by atoms with Crippen LogP contribution in [-0.2, 0) is 35.1 Å². The molecule has 0 saturated carbocycles. The lowest BCUT2D eigenvalue weighted by Crippen LogP contribution is -2.59. The largest absolute Gasteiger partial charge is 0.444 e. The Morgan fingerprint density at radius 1 is 1.00 bits per heavy atom. The summed E-state index contributed by atoms with van der Waals surface area (Å²) in [5.74, 6) is -1.49. The lowest BCUT2D eigenvalue weighted by molar-refractivity contribution is -0.139. The Balaban J connectivity index is 1.40. The van der Waals surface area contributed by atoms with Crippen LogP contribution < -0.4 is 16.0 Å². The topological polar surface area (TPSA) is 146 Å². The quantitative estimate of drug-likeness (QED) is 0.414. The second-order valence-electron chi connectivity index (χ2n) is 15.6. The van der Waals surface area contributed by atoms with Gasteiger partial charge in [0.25, 0.3) is 0 Å². The van der Waals surface area contributed by atoms with Crippen LogP contribution in [0.4, 0.5) is 4.79 Å². The summed E-state index contributed by atoms with van der Waals surface area (Å²) >= 11 is 0. The number of ether oxygens (including phenoxy) is 2. The number of hydrogen-bond donors (Lipinski definition) is 3. The highest BCUT2D eigenvalue weighted by atomic mass is 16.6. The van der Waals surface area contributed by atoms with E-state index in [1.165, 1.54) is 4.90 Å². The van der Waals surface area contributed by atoms with Crippen molar-refractivity contribution in [2.45, 2.75) is 122 Å². The number of aryl methyl sites for hydroxylation is 1. The number of nitrogens with zero attached hydrogens (tertiary/aromatic N) is 2. The van der Waals surface area contributed by atoms with Crippen LogP contribution in [0.2, 0.25) is 0 Å². The number of amides is 5. The predicted molar refractivity (Wildman–Crippen MR) is 197 cm³/mol. The number of piperidine rings is 2. The maximum absolute atomic E-state index is 14.2. The smallest absolute Gasteiger partial charge is 0.410 e. The van der Waals surface area contributed by atoms with Crippen molar-refractivity contribution in [3.05, 3.63) is 59.2 Å². The molecule has 2 saturated heterocycles. The highest BCUT2D eigenvalue weighted by Crippen LogP contribution is 2.25. The van der Waals surface area contributed by atoms with Gasteiger partial charge in [0.05, 0.1) is 12.5 Å². The van der Waals surface area contributed by atoms with Gasteiger partial charge in [-0.15, -0.1) is 0 Å². The molecule has 0 radical (unpaired) electrons. The van der Waals surface area contributed by atoms with Gasteiger partial charge >= 0.3 is 6.09 Å². The average molecular weight is 720 g/mol. The molecule has 1 aliphatic carbocycles. The lowest BCUT2D eigenvalue weighted by atomic mass is 9.94. The zero-order chi connectivity index (χ0) is 37.3. The van der Waals surface area contributed by atoms with Crippen molar-refractivity contribution in [3.8, 4) is 0 Å². The molecule has 3 aliphatic heterocycles. The molecule has 52 heavy (non-hydrogen) atoms. The highest BCUT2D eigenvalue weighted by Gasteiger charge is 2.38. The van der Waals surface area contributed by atoms with E-state index in [-0.39, 0.29) is 36.8 Å². The summed E-state index contributed by atoms with van der Waals surface area (Å²) in [5.41, 5.74) is 2.31. The Morgan fingerprint density at radius 3 is 2.56 bits per heavy atom. The van der Waals surface area contributed by atoms with Crippen molar-refractivity contribution in [2.24, 2.45) is 5.92 Å². The van der Waals surface area contributed by atoms with Crippen molar-refractivity contribution < 1.29 is 33.4 Å². The molecule has 5 amide bonds. The summed E-state index contributed by atoms with van der Waals surface area (Å²) in [5, 5.41) is 8.77. The molecule has 284 valence electrons. The van der Waals surface area contributed by atoms with Gasteiger partial charge < -0.3 is 30.3 Å². The van der Waals surface area contributed by atoms with Gasteiger partial charge in [-0.1, -0.05) is 48.1 Å². The third-order valence-electron chi connectivity index (χ3n) is 10.4. The fourth-order valence-electron chi connectivity index (χ4n) is 7.40. The molecule has 3 heterocycles. The molecular formula is C40H57N5O7. The molecule has 1 aromatic rings. The fraction of sp³-hybridized carbons (Fsp3) is 0.625. The predicted octanol–water partition coefficient (Wildman–Crippen LogP) is 4.19. The van der Waals surface area contributed by atoms with Crippen molar-refractivity contribution in [2.75, 3.05) is 32.8 Å². The first-order chi connectivity index (χ1) is 24.9. The Kier molecular flexibility index (Phi) is 13.5. The molecule has 0 spiro atoms. The van der Waals surface area contributed by atoms with Gasteiger partial charge in [0.1, 0.15) is 23.7 Å². The fourth-order valence-corrected chi connectivity index (χ4v) is 7.40. The number of rotatable bonds is 5. The van der Waals surface area contributed by atoms with Gasteiger partial charge in [-0.2, -0.15) is 0 Å². The molecule has 4 unspecified atom stereocenters. The average Bonchev–Trinajstić information content (AvgIpc) is 3.12. The highest BCUT2D eigenvalue weighted by molar-refractivity contribution is 5.96. The molecule has 0 aromatic heterocycles. The molecular weight excluding hydrogens is 662 g/mol. The van der Waals surface area contributed by atoms with Gasteiger partial charge in [0.15, 0.2) is 0 Å². The van der Waals surface area contributed by atoms with E-state index in [2.05, 4.69) is 28.1 Å². The van der Waals surface area contributed by atoms with E-state index in [1.807, 2.05) is 37.3 Å². The summed E-state index contributed by atoms with van der Waals surface area (Å²) in [7, 11) is 0. The SMILES string of the molecule is CC1=CCC2C=C1CNC(=O)C(CCc1ccccc1)NC(=O)[C@@H](NC(=O)C1CCCCN1C(=O)OC(C)(C)C)CC(=O)N1CCCC(CCO2)C1. The van der Waals surface area contributed by atoms with Crippen molar-refractivity contribution in [1.29, 1.82) is 0 Å². The zero-order valence-electron chi connectivity index (χ0n) is 31.3. The first-order valence-corrected chi connectivity index (χ1v) is 19.1. The number of carbonyl (C=O) groups is 5. The van der Waals surface area contributed by atoms with E-state index in [0.29, 0.717) is 45.5 Å². The summed E-state index contributed by atoms with van der Waals surface area (Å²) < 4.78 is 11.9. The second-order valence-corrected chi connectivity index (χ2v) is 15.6. The van der Waals surface area contributed by atoms with Gasteiger partial charge in [0, 0.05) is 32.8 Å². The molecule has 5 atom stereocenters. The van der Waals surface area contributed by atoms with Crippen molar-refractivity contribution in [1.82, 2.24) is 25.8 Å². The maximum Gasteiger partial charge on any atom is 0.410 e. The molecule has 1 aromatic carbocycles. The summed E-state index contributed by atoms with van der Waals surface area (Å²) in [6, 6.07) is 6.65. The van der Waals surface area contributed by atoms with Crippen LogP contribution in [-0.4, -0.2) is 102 Å². The number of fused-ring (bicyclic) bond motifs is 3. The molecule has 3 N–H and O–H groups in total. The van der Waals surface area contributed by atoms with Crippen LogP contribution in [0.15, 0.2) is 53.6 Å². The van der Waals surface area contributed by atoms with Crippen LogP contribution in [0.1, 0.15) is 91.0 Å². The summed E-state index contributed by atoms with van der Waals surface area (Å²) in [4.78, 5) is 72.2. The van der Waals surface area contributed by atoms with E-state index in [0.717, 1.165) is 55.2 Å². The Morgan fingerprint density at radius 2 is 1.79 bits per heavy atom. The van der Waals surface area contributed by atoms with Crippen LogP contribution >= 0.6 is 0 Å². The van der Waals surface area contributed by atoms with E-state index < -0.39 is 41.6 Å². The monoisotopic (exact) mass is 719 g/mol. The third-order valence-corrected chi connectivity index (χ3v) is 10.4. The molecule has 5 rings (SSSR count). The van der Waals surface area contributed by atoms with Crippen LogP contribution in [0, 0.1) is 5.92 Å². The molecule has 4 bridgehead atoms. The molecule has 12 nitrogen and oxygen atoms in total. The van der Waals surface area contributed by atoms with Crippen molar-refractivity contribution in [3.63, 3.8) is 0 Å². The molecule has 12 heteroatoms. The van der Waals surface area contributed by atoms with E-state index in [9.17, 15) is 24.0 Å². The number of nitrogens with one attached hydrogen (secondary N) is 3. The van der Waals surface area contributed by atoms with E-state index in [1.54, 1.807) is 25.7 Å². The number of hydrogen-bond acceptors (Lipinski definition) is 7. The number of carbonyl (C=O) groups excluding carboxylic acids is 5. The normalized spacial score (nSPS) is 26.8. The number of benzene rings is 1. The minimum Gasteiger partial charge on any atom is -0.444 e. The van der Waals surface area contributed by atoms with Gasteiger partial charge in [-0.05, 0) is 103 Å². The first kappa shape index (κ1) is 39.0. The van der Waals surface area contributed by atoms with Crippen LogP contribution in [0.3, 0.4) is 0 Å². The van der Waals surface area contributed by atoms with Gasteiger partial charge in [0.2, 0.25) is 23.6 Å². The Labute approximate surface area is 308 Å². The molecule has 4 aliphatic rings. The van der Waals surface area contributed by atoms with Crippen molar-refractivity contribution >= 4 is 29.7 Å². The van der Waals surface area contributed by atoms with E-state index in [4.69, 9.17) is 9.47 Å². The second kappa shape index (κ2) is 18.0. The lowest BCUT2D eigenvalue weighted by Gasteiger charge is -2.37. The molecule has 2 fully saturated rings. The number of likely N-dealkylation sites (tertiary alicyclic amines) is 1. The maximum atomic E-state index is 14.2. The third kappa shape index (κ3) is 11.2. The summed E-state index contributed by atoms with van der Waals surface area (Å²) in [6.07, 6.45) is 9.29. The van der Waals surface area contributed by atoms with Crippen LogP contribution in [0.25, 0.3) is 0 Å².